The summed E-state index contributed by atoms with van der Waals surface area (Å²) >= 11 is 0. The Morgan fingerprint density at radius 1 is 1.23 bits per heavy atom. The van der Waals surface area contributed by atoms with E-state index in [0.717, 1.165) is 11.9 Å². The van der Waals surface area contributed by atoms with Gasteiger partial charge in [-0.15, -0.1) is 0 Å². The number of anilines is 1. The van der Waals surface area contributed by atoms with Crippen LogP contribution < -0.4 is 5.32 Å². The van der Waals surface area contributed by atoms with E-state index in [1.807, 2.05) is 18.2 Å². The van der Waals surface area contributed by atoms with E-state index < -0.39 is 0 Å². The van der Waals surface area contributed by atoms with Crippen molar-refractivity contribution in [3.05, 3.63) is 30.3 Å². The molecule has 0 bridgehead atoms. The van der Waals surface area contributed by atoms with Crippen LogP contribution in [-0.4, -0.2) is 22.5 Å². The number of nitrogens with zero attached hydrogens (tertiary/aromatic N) is 2. The summed E-state index contributed by atoms with van der Waals surface area (Å²) in [4.78, 5) is 0. The highest BCUT2D eigenvalue weighted by molar-refractivity contribution is 6.34. The van der Waals surface area contributed by atoms with Gasteiger partial charge in [0, 0.05) is 5.69 Å². The van der Waals surface area contributed by atoms with Gasteiger partial charge in [0.1, 0.15) is 6.21 Å². The lowest BCUT2D eigenvalue weighted by Crippen LogP contribution is -2.13. The van der Waals surface area contributed by atoms with Gasteiger partial charge in [0.15, 0.2) is 5.84 Å². The van der Waals surface area contributed by atoms with Crippen LogP contribution in [0.1, 0.15) is 0 Å². The lowest BCUT2D eigenvalue weighted by Gasteiger charge is -2.01. The topological polar surface area (TPSA) is 77.2 Å². The quantitative estimate of drug-likeness (QED) is 0.277. The number of nitrogens with one attached hydrogen (secondary N) is 1. The summed E-state index contributed by atoms with van der Waals surface area (Å²) in [6.45, 7) is 0. The Balaban J connectivity index is 2.68. The van der Waals surface area contributed by atoms with Crippen molar-refractivity contribution in [1.29, 1.82) is 0 Å². The second-order valence-electron chi connectivity index (χ2n) is 2.22. The minimum Gasteiger partial charge on any atom is -0.411 e. The van der Waals surface area contributed by atoms with Gasteiger partial charge in [-0.05, 0) is 12.1 Å². The molecule has 0 aromatic heterocycles. The van der Waals surface area contributed by atoms with Crippen LogP contribution in [0.5, 0.6) is 0 Å². The molecule has 0 atom stereocenters. The monoisotopic (exact) mass is 179 g/mol. The van der Waals surface area contributed by atoms with Crippen molar-refractivity contribution in [3.63, 3.8) is 0 Å². The predicted molar refractivity (Wildman–Crippen MR) is 49.6 cm³/mol. The van der Waals surface area contributed by atoms with E-state index in [9.17, 15) is 0 Å². The van der Waals surface area contributed by atoms with Gasteiger partial charge in [-0.1, -0.05) is 28.5 Å². The predicted octanol–water partition coefficient (Wildman–Crippen LogP) is 1.35. The maximum Gasteiger partial charge on any atom is 0.191 e. The third-order valence-electron chi connectivity index (χ3n) is 1.33. The van der Waals surface area contributed by atoms with Crippen molar-refractivity contribution in [2.75, 3.05) is 5.32 Å². The van der Waals surface area contributed by atoms with Gasteiger partial charge in [0.05, 0.1) is 0 Å². The highest BCUT2D eigenvalue weighted by atomic mass is 16.4. The molecular formula is C8H9N3O2. The SMILES string of the molecule is O/N=C\C(=N/O)Nc1ccccc1. The van der Waals surface area contributed by atoms with E-state index in [-0.39, 0.29) is 5.84 Å². The first-order valence-electron chi connectivity index (χ1n) is 3.58. The molecule has 0 saturated heterocycles. The summed E-state index contributed by atoms with van der Waals surface area (Å²) < 4.78 is 0. The van der Waals surface area contributed by atoms with Gasteiger partial charge < -0.3 is 15.7 Å². The minimum absolute atomic E-state index is 0.0636. The number of benzene rings is 1. The molecule has 1 aromatic rings. The second kappa shape index (κ2) is 4.76. The van der Waals surface area contributed by atoms with Crippen LogP contribution in [0.3, 0.4) is 0 Å². The molecular weight excluding hydrogens is 170 g/mol. The van der Waals surface area contributed by atoms with Gasteiger partial charge in [0.25, 0.3) is 0 Å². The van der Waals surface area contributed by atoms with Crippen molar-refractivity contribution in [3.8, 4) is 0 Å². The first-order valence-corrected chi connectivity index (χ1v) is 3.58. The molecule has 0 aliphatic rings. The van der Waals surface area contributed by atoms with Gasteiger partial charge in [-0.25, -0.2) is 0 Å². The second-order valence-corrected chi connectivity index (χ2v) is 2.22. The zero-order valence-corrected chi connectivity index (χ0v) is 6.75. The molecule has 0 unspecified atom stereocenters. The van der Waals surface area contributed by atoms with E-state index in [0.29, 0.717) is 0 Å². The molecule has 5 nitrogen and oxygen atoms in total. The maximum absolute atomic E-state index is 8.44. The van der Waals surface area contributed by atoms with Gasteiger partial charge >= 0.3 is 0 Å². The number of hydrogen-bond donors (Lipinski definition) is 3. The molecule has 0 aliphatic carbocycles. The lowest BCUT2D eigenvalue weighted by molar-refractivity contribution is 0.316. The summed E-state index contributed by atoms with van der Waals surface area (Å²) in [6, 6.07) is 9.09. The van der Waals surface area contributed by atoms with Crippen molar-refractivity contribution >= 4 is 17.7 Å². The largest absolute Gasteiger partial charge is 0.411 e. The Morgan fingerprint density at radius 2 is 1.92 bits per heavy atom. The Labute approximate surface area is 75.0 Å². The zero-order valence-electron chi connectivity index (χ0n) is 6.75. The molecule has 0 fully saturated rings. The van der Waals surface area contributed by atoms with Crippen LogP contribution in [0, 0.1) is 0 Å². The Hall–Kier alpha value is -2.04. The Kier molecular flexibility index (Phi) is 3.31. The molecule has 1 aromatic carbocycles. The lowest BCUT2D eigenvalue weighted by atomic mass is 10.3. The number of hydrogen-bond acceptors (Lipinski definition) is 4. The molecule has 0 heterocycles. The number of amidine groups is 1. The third kappa shape index (κ3) is 2.82. The average Bonchev–Trinajstić information content (AvgIpc) is 2.19. The Morgan fingerprint density at radius 3 is 2.46 bits per heavy atom. The molecule has 0 amide bonds. The fraction of sp³-hybridized carbons (Fsp3) is 0. The van der Waals surface area contributed by atoms with Crippen molar-refractivity contribution in [1.82, 2.24) is 0 Å². The molecule has 0 spiro atoms. The van der Waals surface area contributed by atoms with E-state index in [1.54, 1.807) is 12.1 Å². The normalized spacial score (nSPS) is 11.8. The molecule has 3 N–H and O–H groups in total. The summed E-state index contributed by atoms with van der Waals surface area (Å²) in [5.74, 6) is 0.0636. The highest BCUT2D eigenvalue weighted by Gasteiger charge is 1.95. The molecule has 5 heteroatoms. The number of rotatable bonds is 2. The van der Waals surface area contributed by atoms with Crippen molar-refractivity contribution < 1.29 is 10.4 Å². The van der Waals surface area contributed by atoms with Crippen LogP contribution in [0.25, 0.3) is 0 Å². The van der Waals surface area contributed by atoms with Crippen LogP contribution in [0.4, 0.5) is 5.69 Å². The third-order valence-corrected chi connectivity index (χ3v) is 1.33. The van der Waals surface area contributed by atoms with E-state index in [2.05, 4.69) is 15.6 Å². The van der Waals surface area contributed by atoms with Crippen LogP contribution in [0.2, 0.25) is 0 Å². The zero-order chi connectivity index (χ0) is 9.52. The smallest absolute Gasteiger partial charge is 0.191 e. The van der Waals surface area contributed by atoms with E-state index in [4.69, 9.17) is 10.4 Å². The molecule has 0 radical (unpaired) electrons. The van der Waals surface area contributed by atoms with Crippen LogP contribution in [-0.2, 0) is 0 Å². The van der Waals surface area contributed by atoms with Crippen LogP contribution >= 0.6 is 0 Å². The van der Waals surface area contributed by atoms with Gasteiger partial charge in [-0.2, -0.15) is 0 Å². The van der Waals surface area contributed by atoms with E-state index in [1.165, 1.54) is 0 Å². The highest BCUT2D eigenvalue weighted by Crippen LogP contribution is 2.04. The average molecular weight is 179 g/mol. The first kappa shape index (κ1) is 9.05. The van der Waals surface area contributed by atoms with Gasteiger partial charge in [0.2, 0.25) is 0 Å². The number of para-hydroxylation sites is 1. The molecule has 0 saturated carbocycles. The molecule has 1 rings (SSSR count). The summed E-state index contributed by atoms with van der Waals surface area (Å²) in [5, 5.41) is 24.9. The Bertz CT molecular complexity index is 308. The van der Waals surface area contributed by atoms with Crippen molar-refractivity contribution in [2.45, 2.75) is 0 Å². The number of oxime groups is 2. The van der Waals surface area contributed by atoms with Gasteiger partial charge in [-0.3, -0.25) is 0 Å². The molecule has 13 heavy (non-hydrogen) atoms. The van der Waals surface area contributed by atoms with E-state index >= 15 is 0 Å². The van der Waals surface area contributed by atoms with Crippen LogP contribution in [0.15, 0.2) is 40.6 Å². The summed E-state index contributed by atoms with van der Waals surface area (Å²) in [7, 11) is 0. The molecule has 68 valence electrons. The van der Waals surface area contributed by atoms with Crippen molar-refractivity contribution in [2.24, 2.45) is 10.3 Å². The minimum atomic E-state index is 0.0636. The summed E-state index contributed by atoms with van der Waals surface area (Å²) in [6.07, 6.45) is 0.993. The first-order chi connectivity index (χ1) is 6.36. The molecule has 0 aliphatic heterocycles. The standard InChI is InChI=1S/C8H9N3O2/c12-9-6-8(11-13)10-7-4-2-1-3-5-7/h1-6,12-13H,(H,10,11)/b9-6-. The maximum atomic E-state index is 8.44. The summed E-state index contributed by atoms with van der Waals surface area (Å²) in [5.41, 5.74) is 0.746. The fourth-order valence-corrected chi connectivity index (χ4v) is 0.807. The fourth-order valence-electron chi connectivity index (χ4n) is 0.807.